The second kappa shape index (κ2) is 5.03. The van der Waals surface area contributed by atoms with Crippen molar-refractivity contribution in [1.82, 2.24) is 5.32 Å². The minimum absolute atomic E-state index is 0.00352. The highest BCUT2D eigenvalue weighted by atomic mass is 16.1. The molecule has 0 unspecified atom stereocenters. The second-order valence-corrected chi connectivity index (χ2v) is 2.50. The Morgan fingerprint density at radius 3 is 2.60 bits per heavy atom. The molecule has 0 spiro atoms. The van der Waals surface area contributed by atoms with Crippen LogP contribution >= 0.6 is 0 Å². The fraction of sp³-hybridized carbons (Fsp3) is 0.625. The highest BCUT2D eigenvalue weighted by Gasteiger charge is 1.90. The van der Waals surface area contributed by atoms with Crippen LogP contribution in [0, 0.1) is 5.92 Å². The van der Waals surface area contributed by atoms with Crippen LogP contribution in [0.25, 0.3) is 0 Å². The van der Waals surface area contributed by atoms with Crippen LogP contribution in [0.2, 0.25) is 0 Å². The van der Waals surface area contributed by atoms with Crippen molar-refractivity contribution in [2.75, 3.05) is 6.54 Å². The minimum Gasteiger partial charge on any atom is -0.353 e. The van der Waals surface area contributed by atoms with Crippen molar-refractivity contribution in [3.8, 4) is 0 Å². The number of likely N-dealkylation sites (N-methyl/N-ethyl adjacent to an activating group) is 1. The summed E-state index contributed by atoms with van der Waals surface area (Å²) in [5, 5.41) is 2.68. The van der Waals surface area contributed by atoms with Crippen LogP contribution in [0.4, 0.5) is 0 Å². The molecule has 0 heterocycles. The molecular formula is C8H15NO. The Morgan fingerprint density at radius 1 is 1.60 bits per heavy atom. The van der Waals surface area contributed by atoms with Gasteiger partial charge in [-0.2, -0.15) is 0 Å². The summed E-state index contributed by atoms with van der Waals surface area (Å²) in [5.41, 5.74) is 0. The molecule has 0 rings (SSSR count). The number of hydrogen-bond acceptors (Lipinski definition) is 1. The van der Waals surface area contributed by atoms with E-state index in [1.165, 1.54) is 0 Å². The lowest BCUT2D eigenvalue weighted by Gasteiger charge is -1.95. The van der Waals surface area contributed by atoms with E-state index in [0.29, 0.717) is 12.5 Å². The summed E-state index contributed by atoms with van der Waals surface area (Å²) < 4.78 is 0. The van der Waals surface area contributed by atoms with Crippen LogP contribution in [-0.2, 0) is 4.79 Å². The number of carbonyl (C=O) groups excluding carboxylic acids is 1. The number of rotatable bonds is 3. The van der Waals surface area contributed by atoms with E-state index in [1.54, 1.807) is 6.08 Å². The molecule has 58 valence electrons. The lowest BCUT2D eigenvalue weighted by atomic mass is 10.2. The largest absolute Gasteiger partial charge is 0.353 e. The Balaban J connectivity index is 3.56. The molecule has 0 saturated heterocycles. The van der Waals surface area contributed by atoms with Crippen molar-refractivity contribution in [1.29, 1.82) is 0 Å². The highest BCUT2D eigenvalue weighted by Crippen LogP contribution is 1.91. The molecule has 0 fully saturated rings. The molecule has 2 heteroatoms. The Morgan fingerprint density at radius 2 is 2.20 bits per heavy atom. The third-order valence-electron chi connectivity index (χ3n) is 0.984. The van der Waals surface area contributed by atoms with Gasteiger partial charge in [0.15, 0.2) is 0 Å². The van der Waals surface area contributed by atoms with Crippen LogP contribution in [-0.4, -0.2) is 12.5 Å². The van der Waals surface area contributed by atoms with Gasteiger partial charge in [0.1, 0.15) is 0 Å². The molecule has 10 heavy (non-hydrogen) atoms. The van der Waals surface area contributed by atoms with E-state index in [9.17, 15) is 4.79 Å². The molecule has 0 aromatic rings. The maximum absolute atomic E-state index is 10.7. The summed E-state index contributed by atoms with van der Waals surface area (Å²) in [6, 6.07) is 0. The average Bonchev–Trinajstić information content (AvgIpc) is 1.85. The zero-order valence-corrected chi connectivity index (χ0v) is 6.85. The fourth-order valence-electron chi connectivity index (χ4n) is 0.513. The maximum Gasteiger partial charge on any atom is 0.243 e. The molecular weight excluding hydrogens is 126 g/mol. The maximum atomic E-state index is 10.7. The minimum atomic E-state index is -0.00352. The van der Waals surface area contributed by atoms with Gasteiger partial charge in [0.2, 0.25) is 5.91 Å². The van der Waals surface area contributed by atoms with Gasteiger partial charge in [0, 0.05) is 6.54 Å². The van der Waals surface area contributed by atoms with Crippen LogP contribution in [0.1, 0.15) is 20.8 Å². The third-order valence-corrected chi connectivity index (χ3v) is 0.984. The predicted molar refractivity (Wildman–Crippen MR) is 42.7 cm³/mol. The lowest BCUT2D eigenvalue weighted by molar-refractivity contribution is -0.116. The molecule has 0 aliphatic carbocycles. The van der Waals surface area contributed by atoms with E-state index < -0.39 is 0 Å². The Hall–Kier alpha value is -0.790. The van der Waals surface area contributed by atoms with Crippen LogP contribution < -0.4 is 5.32 Å². The van der Waals surface area contributed by atoms with Crippen molar-refractivity contribution >= 4 is 5.91 Å². The molecule has 1 amide bonds. The predicted octanol–water partition coefficient (Wildman–Crippen LogP) is 1.33. The average molecular weight is 141 g/mol. The zero-order chi connectivity index (χ0) is 7.98. The summed E-state index contributed by atoms with van der Waals surface area (Å²) in [7, 11) is 0. The van der Waals surface area contributed by atoms with E-state index >= 15 is 0 Å². The molecule has 0 atom stereocenters. The van der Waals surface area contributed by atoms with Crippen molar-refractivity contribution in [2.45, 2.75) is 20.8 Å². The number of carbonyl (C=O) groups is 1. The van der Waals surface area contributed by atoms with E-state index in [-0.39, 0.29) is 5.91 Å². The SMILES string of the molecule is CCNC(=O)/C=C/C(C)C. The van der Waals surface area contributed by atoms with Gasteiger partial charge in [0.25, 0.3) is 0 Å². The summed E-state index contributed by atoms with van der Waals surface area (Å²) in [5.74, 6) is 0.443. The Kier molecular flexibility index (Phi) is 4.63. The number of nitrogens with one attached hydrogen (secondary N) is 1. The molecule has 2 nitrogen and oxygen atoms in total. The standard InChI is InChI=1S/C8H15NO/c1-4-9-8(10)6-5-7(2)3/h5-7H,4H2,1-3H3,(H,9,10)/b6-5+. The highest BCUT2D eigenvalue weighted by molar-refractivity contribution is 5.87. The normalized spacial score (nSPS) is 10.8. The monoisotopic (exact) mass is 141 g/mol. The summed E-state index contributed by atoms with van der Waals surface area (Å²) in [6.45, 7) is 6.67. The first-order valence-electron chi connectivity index (χ1n) is 3.62. The zero-order valence-electron chi connectivity index (χ0n) is 6.85. The summed E-state index contributed by atoms with van der Waals surface area (Å²) >= 11 is 0. The lowest BCUT2D eigenvalue weighted by Crippen LogP contribution is -2.19. The summed E-state index contributed by atoms with van der Waals surface area (Å²) in [6.07, 6.45) is 3.46. The van der Waals surface area contributed by atoms with Gasteiger partial charge in [-0.25, -0.2) is 0 Å². The van der Waals surface area contributed by atoms with Crippen LogP contribution in [0.15, 0.2) is 12.2 Å². The Bertz CT molecular complexity index is 127. The van der Waals surface area contributed by atoms with Gasteiger partial charge in [-0.05, 0) is 18.9 Å². The van der Waals surface area contributed by atoms with E-state index in [1.807, 2.05) is 26.8 Å². The molecule has 0 saturated carbocycles. The topological polar surface area (TPSA) is 29.1 Å². The van der Waals surface area contributed by atoms with Gasteiger partial charge < -0.3 is 5.32 Å². The quantitative estimate of drug-likeness (QED) is 0.590. The fourth-order valence-corrected chi connectivity index (χ4v) is 0.513. The third kappa shape index (κ3) is 5.35. The van der Waals surface area contributed by atoms with Crippen molar-refractivity contribution in [3.05, 3.63) is 12.2 Å². The molecule has 0 bridgehead atoms. The number of amides is 1. The molecule has 0 aliphatic heterocycles. The van der Waals surface area contributed by atoms with Crippen LogP contribution in [0.3, 0.4) is 0 Å². The second-order valence-electron chi connectivity index (χ2n) is 2.50. The van der Waals surface area contributed by atoms with Gasteiger partial charge in [-0.3, -0.25) is 4.79 Å². The van der Waals surface area contributed by atoms with Gasteiger partial charge >= 0.3 is 0 Å². The molecule has 1 N–H and O–H groups in total. The van der Waals surface area contributed by atoms with Crippen molar-refractivity contribution in [2.24, 2.45) is 5.92 Å². The van der Waals surface area contributed by atoms with Crippen molar-refractivity contribution in [3.63, 3.8) is 0 Å². The van der Waals surface area contributed by atoms with E-state index in [4.69, 9.17) is 0 Å². The Labute approximate surface area is 62.3 Å². The smallest absolute Gasteiger partial charge is 0.243 e. The molecule has 0 radical (unpaired) electrons. The summed E-state index contributed by atoms with van der Waals surface area (Å²) in [4.78, 5) is 10.7. The van der Waals surface area contributed by atoms with E-state index in [2.05, 4.69) is 5.32 Å². The van der Waals surface area contributed by atoms with E-state index in [0.717, 1.165) is 0 Å². The molecule has 0 aromatic carbocycles. The molecule has 0 aromatic heterocycles. The number of allylic oxidation sites excluding steroid dienone is 1. The van der Waals surface area contributed by atoms with Gasteiger partial charge in [-0.15, -0.1) is 0 Å². The van der Waals surface area contributed by atoms with Gasteiger partial charge in [-0.1, -0.05) is 19.9 Å². The molecule has 0 aliphatic rings. The first-order valence-corrected chi connectivity index (χ1v) is 3.62. The first-order chi connectivity index (χ1) is 4.66. The number of hydrogen-bond donors (Lipinski definition) is 1. The van der Waals surface area contributed by atoms with Crippen LogP contribution in [0.5, 0.6) is 0 Å². The van der Waals surface area contributed by atoms with Crippen molar-refractivity contribution < 1.29 is 4.79 Å². The van der Waals surface area contributed by atoms with Gasteiger partial charge in [0.05, 0.1) is 0 Å². The first kappa shape index (κ1) is 9.21.